The van der Waals surface area contributed by atoms with Gasteiger partial charge in [-0.1, -0.05) is 98.0 Å². The molecule has 0 aliphatic heterocycles. The zero-order valence-electron chi connectivity index (χ0n) is 25.8. The summed E-state index contributed by atoms with van der Waals surface area (Å²) in [6.07, 6.45) is 20.4. The second-order valence-corrected chi connectivity index (χ2v) is 12.1. The Kier molecular flexibility index (Phi) is 6.88. The largest absolute Gasteiger partial charge is 0.310 e. The highest BCUT2D eigenvalue weighted by Crippen LogP contribution is 2.62. The summed E-state index contributed by atoms with van der Waals surface area (Å²) in [5, 5.41) is 0. The third kappa shape index (κ3) is 4.31. The minimum absolute atomic E-state index is 0.155. The van der Waals surface area contributed by atoms with E-state index in [9.17, 15) is 4.79 Å². The Labute approximate surface area is 270 Å². The first-order chi connectivity index (χ1) is 22.7. The predicted molar refractivity (Wildman–Crippen MR) is 189 cm³/mol. The SMILES string of the molecule is CCC12C3=CC=C4C(N(c5ccccc5)c5ccccc5)=CC=C(C=CC1=C(N(c1ccccc1)c1ccc(C=O)cc1)C=C3)C42. The quantitative estimate of drug-likeness (QED) is 0.190. The van der Waals surface area contributed by atoms with Crippen LogP contribution in [0.1, 0.15) is 23.7 Å². The molecule has 0 bridgehead atoms. The van der Waals surface area contributed by atoms with E-state index in [2.05, 4.69) is 156 Å². The third-order valence-corrected chi connectivity index (χ3v) is 9.81. The molecule has 0 heterocycles. The number of carbonyl (C=O) groups is 1. The summed E-state index contributed by atoms with van der Waals surface area (Å²) in [5.74, 6) is 0.155. The van der Waals surface area contributed by atoms with Crippen LogP contribution in [0.2, 0.25) is 0 Å². The fourth-order valence-electron chi connectivity index (χ4n) is 7.77. The summed E-state index contributed by atoms with van der Waals surface area (Å²) < 4.78 is 0. The van der Waals surface area contributed by atoms with Crippen molar-refractivity contribution >= 4 is 29.0 Å². The smallest absolute Gasteiger partial charge is 0.150 e. The Morgan fingerprint density at radius 1 is 0.609 bits per heavy atom. The molecule has 4 aromatic carbocycles. The monoisotopic (exact) mass is 594 g/mol. The van der Waals surface area contributed by atoms with E-state index in [-0.39, 0.29) is 11.3 Å². The number of para-hydroxylation sites is 3. The Morgan fingerprint density at radius 2 is 1.20 bits per heavy atom. The van der Waals surface area contributed by atoms with Crippen LogP contribution in [-0.2, 0) is 0 Å². The molecule has 0 N–H and O–H groups in total. The van der Waals surface area contributed by atoms with Gasteiger partial charge in [0.05, 0.1) is 5.70 Å². The highest BCUT2D eigenvalue weighted by atomic mass is 16.1. The minimum Gasteiger partial charge on any atom is -0.310 e. The zero-order valence-corrected chi connectivity index (χ0v) is 25.8. The van der Waals surface area contributed by atoms with Crippen molar-refractivity contribution in [2.24, 2.45) is 11.3 Å². The molecule has 3 heteroatoms. The highest BCUT2D eigenvalue weighted by molar-refractivity contribution is 5.81. The van der Waals surface area contributed by atoms with Crippen molar-refractivity contribution in [3.05, 3.63) is 203 Å². The van der Waals surface area contributed by atoms with Crippen molar-refractivity contribution in [2.45, 2.75) is 13.3 Å². The lowest BCUT2D eigenvalue weighted by molar-refractivity contribution is 0.112. The molecule has 0 saturated heterocycles. The Hall–Kier alpha value is -5.67. The zero-order chi connectivity index (χ0) is 31.1. The van der Waals surface area contributed by atoms with Crippen molar-refractivity contribution in [3.63, 3.8) is 0 Å². The third-order valence-electron chi connectivity index (χ3n) is 9.81. The van der Waals surface area contributed by atoms with Gasteiger partial charge in [0, 0.05) is 45.3 Å². The Morgan fingerprint density at radius 3 is 1.78 bits per heavy atom. The molecular formula is C43H34N2O. The van der Waals surface area contributed by atoms with E-state index >= 15 is 0 Å². The molecule has 0 aromatic heterocycles. The molecule has 0 amide bonds. The molecule has 0 spiro atoms. The lowest BCUT2D eigenvalue weighted by atomic mass is 9.52. The fraction of sp³-hybridized carbons (Fsp3) is 0.0930. The van der Waals surface area contributed by atoms with Gasteiger partial charge in [-0.05, 0) is 102 Å². The minimum atomic E-state index is -0.247. The average Bonchev–Trinajstić information content (AvgIpc) is 3.13. The number of allylic oxidation sites excluding steroid dienone is 12. The van der Waals surface area contributed by atoms with Crippen LogP contribution in [0.5, 0.6) is 0 Å². The lowest BCUT2D eigenvalue weighted by Gasteiger charge is -2.53. The number of hydrogen-bond donors (Lipinski definition) is 0. The van der Waals surface area contributed by atoms with Crippen molar-refractivity contribution in [1.29, 1.82) is 0 Å². The van der Waals surface area contributed by atoms with Gasteiger partial charge in [-0.15, -0.1) is 0 Å². The number of aldehydes is 1. The first-order valence-electron chi connectivity index (χ1n) is 16.0. The number of benzene rings is 4. The molecule has 4 aliphatic rings. The molecule has 0 fully saturated rings. The molecule has 4 aromatic rings. The van der Waals surface area contributed by atoms with E-state index < -0.39 is 0 Å². The van der Waals surface area contributed by atoms with E-state index in [1.165, 1.54) is 28.0 Å². The molecule has 2 unspecified atom stereocenters. The van der Waals surface area contributed by atoms with Gasteiger partial charge in [-0.3, -0.25) is 4.79 Å². The van der Waals surface area contributed by atoms with Crippen molar-refractivity contribution < 1.29 is 4.79 Å². The first kappa shape index (κ1) is 27.8. The second-order valence-electron chi connectivity index (χ2n) is 12.1. The highest BCUT2D eigenvalue weighted by Gasteiger charge is 2.52. The van der Waals surface area contributed by atoms with Crippen LogP contribution in [-0.4, -0.2) is 6.29 Å². The number of rotatable bonds is 8. The molecule has 8 rings (SSSR count). The van der Waals surface area contributed by atoms with Gasteiger partial charge >= 0.3 is 0 Å². The molecule has 3 nitrogen and oxygen atoms in total. The molecule has 2 atom stereocenters. The molecule has 222 valence electrons. The number of carbonyl (C=O) groups excluding carboxylic acids is 1. The lowest BCUT2D eigenvalue weighted by Crippen LogP contribution is -2.44. The predicted octanol–water partition coefficient (Wildman–Crippen LogP) is 10.6. The van der Waals surface area contributed by atoms with Crippen LogP contribution in [0.25, 0.3) is 0 Å². The van der Waals surface area contributed by atoms with Gasteiger partial charge in [-0.25, -0.2) is 0 Å². The van der Waals surface area contributed by atoms with Crippen LogP contribution in [0.15, 0.2) is 198 Å². The van der Waals surface area contributed by atoms with Gasteiger partial charge < -0.3 is 9.80 Å². The van der Waals surface area contributed by atoms with Crippen molar-refractivity contribution in [1.82, 2.24) is 0 Å². The van der Waals surface area contributed by atoms with E-state index in [1.807, 2.05) is 24.3 Å². The summed E-state index contributed by atoms with van der Waals surface area (Å²) in [5.41, 5.74) is 12.5. The van der Waals surface area contributed by atoms with Crippen LogP contribution in [0.4, 0.5) is 22.7 Å². The average molecular weight is 595 g/mol. The number of hydrogen-bond acceptors (Lipinski definition) is 3. The summed E-state index contributed by atoms with van der Waals surface area (Å²) >= 11 is 0. The van der Waals surface area contributed by atoms with Crippen LogP contribution < -0.4 is 9.80 Å². The first-order valence-corrected chi connectivity index (χ1v) is 16.0. The van der Waals surface area contributed by atoms with Gasteiger partial charge in [-0.2, -0.15) is 0 Å². The van der Waals surface area contributed by atoms with Crippen molar-refractivity contribution in [2.75, 3.05) is 9.80 Å². The standard InChI is InChI=1S/C43H34N2O/c1-2-43-33-22-26-38-40(44(34-12-6-3-7-13-34)35-14-8-4-9-15-35)28-21-32(42(38)43)20-27-39(43)41(29-23-33)45(36-16-10-5-11-17-36)37-24-18-31(30-46)19-25-37/h3-30,42H,2H2,1H3. The maximum absolute atomic E-state index is 11.5. The Bertz CT molecular complexity index is 1990. The second kappa shape index (κ2) is 11.4. The molecule has 0 saturated carbocycles. The summed E-state index contributed by atoms with van der Waals surface area (Å²) in [6, 6.07) is 39.8. The van der Waals surface area contributed by atoms with Crippen LogP contribution in [0, 0.1) is 11.3 Å². The van der Waals surface area contributed by atoms with E-state index in [4.69, 9.17) is 0 Å². The van der Waals surface area contributed by atoms with Gasteiger partial charge in [0.2, 0.25) is 0 Å². The van der Waals surface area contributed by atoms with Crippen LogP contribution in [0.3, 0.4) is 0 Å². The van der Waals surface area contributed by atoms with Crippen LogP contribution >= 0.6 is 0 Å². The summed E-state index contributed by atoms with van der Waals surface area (Å²) in [6.45, 7) is 2.33. The Balaban J connectivity index is 1.32. The van der Waals surface area contributed by atoms with Gasteiger partial charge in [0.25, 0.3) is 0 Å². The molecule has 4 aliphatic carbocycles. The van der Waals surface area contributed by atoms with E-state index in [1.54, 1.807) is 0 Å². The normalized spacial score (nSPS) is 20.6. The molecule has 0 radical (unpaired) electrons. The topological polar surface area (TPSA) is 23.6 Å². The maximum Gasteiger partial charge on any atom is 0.150 e. The summed E-state index contributed by atoms with van der Waals surface area (Å²) in [4.78, 5) is 16.3. The molecule has 46 heavy (non-hydrogen) atoms. The maximum atomic E-state index is 11.5. The molecular weight excluding hydrogens is 560 g/mol. The van der Waals surface area contributed by atoms with Gasteiger partial charge in [0.1, 0.15) is 6.29 Å². The number of nitrogens with zero attached hydrogens (tertiary/aromatic N) is 2. The van der Waals surface area contributed by atoms with E-state index in [0.29, 0.717) is 5.56 Å². The van der Waals surface area contributed by atoms with Crippen molar-refractivity contribution in [3.8, 4) is 0 Å². The fourth-order valence-corrected chi connectivity index (χ4v) is 7.77. The summed E-state index contributed by atoms with van der Waals surface area (Å²) in [7, 11) is 0. The van der Waals surface area contributed by atoms with E-state index in [0.717, 1.165) is 41.2 Å². The van der Waals surface area contributed by atoms with Gasteiger partial charge in [0.15, 0.2) is 0 Å². The number of anilines is 4.